The van der Waals surface area contributed by atoms with Crippen LogP contribution in [0.4, 0.5) is 5.69 Å². The van der Waals surface area contributed by atoms with Crippen molar-refractivity contribution in [2.75, 3.05) is 18.1 Å². The first-order chi connectivity index (χ1) is 10.5. The molecule has 1 N–H and O–H groups in total. The largest absolute Gasteiger partial charge is 0.508 e. The summed E-state index contributed by atoms with van der Waals surface area (Å²) in [5.41, 5.74) is -0.554. The quantitative estimate of drug-likeness (QED) is 0.844. The molecule has 6 heteroatoms. The van der Waals surface area contributed by atoms with Gasteiger partial charge in [0.25, 0.3) is 5.91 Å². The lowest BCUT2D eigenvalue weighted by Crippen LogP contribution is -2.56. The summed E-state index contributed by atoms with van der Waals surface area (Å²) in [5, 5.41) is 9.65. The van der Waals surface area contributed by atoms with Gasteiger partial charge >= 0.3 is 5.97 Å². The van der Waals surface area contributed by atoms with Gasteiger partial charge < -0.3 is 14.6 Å². The number of hydrogen-bond acceptors (Lipinski definition) is 5. The average molecular weight is 307 g/mol. The van der Waals surface area contributed by atoms with Crippen molar-refractivity contribution in [1.82, 2.24) is 0 Å². The SMILES string of the molecule is CCOC(=O)CN1C(=O)C(CC)(CC)Oc2cc(O)ccc21. The molecule has 0 unspecified atom stereocenters. The van der Waals surface area contributed by atoms with E-state index in [1.165, 1.54) is 17.0 Å². The first kappa shape index (κ1) is 16.1. The molecule has 6 nitrogen and oxygen atoms in total. The number of esters is 1. The Morgan fingerprint density at radius 3 is 2.59 bits per heavy atom. The van der Waals surface area contributed by atoms with Gasteiger partial charge in [-0.15, -0.1) is 0 Å². The van der Waals surface area contributed by atoms with Crippen LogP contribution in [0.15, 0.2) is 18.2 Å². The second-order valence-electron chi connectivity index (χ2n) is 5.15. The van der Waals surface area contributed by atoms with Crippen molar-refractivity contribution in [3.05, 3.63) is 18.2 Å². The van der Waals surface area contributed by atoms with Crippen molar-refractivity contribution >= 4 is 17.6 Å². The van der Waals surface area contributed by atoms with Crippen LogP contribution in [-0.4, -0.2) is 35.7 Å². The van der Waals surface area contributed by atoms with Crippen molar-refractivity contribution < 1.29 is 24.2 Å². The smallest absolute Gasteiger partial charge is 0.326 e. The van der Waals surface area contributed by atoms with Crippen LogP contribution >= 0.6 is 0 Å². The van der Waals surface area contributed by atoms with Gasteiger partial charge in [-0.3, -0.25) is 14.5 Å². The molecule has 0 spiro atoms. The molecule has 120 valence electrons. The fraction of sp³-hybridized carbons (Fsp3) is 0.500. The second kappa shape index (κ2) is 6.25. The first-order valence-corrected chi connectivity index (χ1v) is 7.47. The Bertz CT molecular complexity index is 580. The molecule has 0 aromatic heterocycles. The second-order valence-corrected chi connectivity index (χ2v) is 5.15. The number of phenolic OH excluding ortho intramolecular Hbond substituents is 1. The zero-order chi connectivity index (χ0) is 16.3. The van der Waals surface area contributed by atoms with Gasteiger partial charge in [0.1, 0.15) is 18.0 Å². The van der Waals surface area contributed by atoms with E-state index in [2.05, 4.69) is 0 Å². The maximum absolute atomic E-state index is 12.8. The molecule has 0 saturated carbocycles. The molecule has 1 aromatic rings. The predicted molar refractivity (Wildman–Crippen MR) is 81.0 cm³/mol. The molecule has 22 heavy (non-hydrogen) atoms. The number of carbonyl (C=O) groups excluding carboxylic acids is 2. The van der Waals surface area contributed by atoms with E-state index in [1.807, 2.05) is 13.8 Å². The molecule has 1 aromatic carbocycles. The monoisotopic (exact) mass is 307 g/mol. The number of benzene rings is 1. The Morgan fingerprint density at radius 2 is 2.00 bits per heavy atom. The number of nitrogens with zero attached hydrogens (tertiary/aromatic N) is 1. The molecular formula is C16H21NO5. The molecule has 1 heterocycles. The number of fused-ring (bicyclic) bond motifs is 1. The minimum Gasteiger partial charge on any atom is -0.508 e. The minimum atomic E-state index is -1.02. The van der Waals surface area contributed by atoms with E-state index in [0.717, 1.165) is 0 Å². The maximum Gasteiger partial charge on any atom is 0.326 e. The predicted octanol–water partition coefficient (Wildman–Crippen LogP) is 2.24. The lowest BCUT2D eigenvalue weighted by Gasteiger charge is -2.41. The van der Waals surface area contributed by atoms with Gasteiger partial charge in [0, 0.05) is 6.07 Å². The van der Waals surface area contributed by atoms with Crippen LogP contribution in [0.5, 0.6) is 11.5 Å². The van der Waals surface area contributed by atoms with Crippen LogP contribution in [-0.2, 0) is 14.3 Å². The molecule has 1 aliphatic rings. The summed E-state index contributed by atoms with van der Waals surface area (Å²) in [4.78, 5) is 26.0. The fourth-order valence-corrected chi connectivity index (χ4v) is 2.61. The first-order valence-electron chi connectivity index (χ1n) is 7.47. The molecule has 0 saturated heterocycles. The third-order valence-electron chi connectivity index (χ3n) is 3.91. The highest BCUT2D eigenvalue weighted by Gasteiger charge is 2.46. The van der Waals surface area contributed by atoms with E-state index in [0.29, 0.717) is 24.3 Å². The summed E-state index contributed by atoms with van der Waals surface area (Å²) in [6, 6.07) is 4.48. The molecule has 0 atom stereocenters. The van der Waals surface area contributed by atoms with E-state index >= 15 is 0 Å². The highest BCUT2D eigenvalue weighted by Crippen LogP contribution is 2.42. The van der Waals surface area contributed by atoms with Gasteiger partial charge in [-0.25, -0.2) is 0 Å². The van der Waals surface area contributed by atoms with Gasteiger partial charge in [0.05, 0.1) is 12.3 Å². The minimum absolute atomic E-state index is 0.0466. The highest BCUT2D eigenvalue weighted by molar-refractivity contribution is 6.05. The van der Waals surface area contributed by atoms with Gasteiger partial charge in [-0.1, -0.05) is 13.8 Å². The summed E-state index contributed by atoms with van der Waals surface area (Å²) in [6.07, 6.45) is 0.938. The number of anilines is 1. The third-order valence-corrected chi connectivity index (χ3v) is 3.91. The lowest BCUT2D eigenvalue weighted by atomic mass is 9.92. The molecule has 2 rings (SSSR count). The van der Waals surface area contributed by atoms with Crippen molar-refractivity contribution in [2.45, 2.75) is 39.2 Å². The maximum atomic E-state index is 12.8. The number of phenols is 1. The Morgan fingerprint density at radius 1 is 1.32 bits per heavy atom. The topological polar surface area (TPSA) is 76.1 Å². The van der Waals surface area contributed by atoms with E-state index in [1.54, 1.807) is 13.0 Å². The third kappa shape index (κ3) is 2.73. The molecule has 0 aliphatic carbocycles. The van der Waals surface area contributed by atoms with Gasteiger partial charge in [0.2, 0.25) is 0 Å². The molecular weight excluding hydrogens is 286 g/mol. The van der Waals surface area contributed by atoms with E-state index in [4.69, 9.17) is 9.47 Å². The van der Waals surface area contributed by atoms with Crippen molar-refractivity contribution in [3.8, 4) is 11.5 Å². The number of carbonyl (C=O) groups is 2. The standard InChI is InChI=1S/C16H21NO5/c1-4-16(5-2)15(20)17(10-14(19)21-6-3)12-8-7-11(18)9-13(12)22-16/h7-9,18H,4-6,10H2,1-3H3. The van der Waals surface area contributed by atoms with E-state index < -0.39 is 11.6 Å². The summed E-state index contributed by atoms with van der Waals surface area (Å²) in [7, 11) is 0. The van der Waals surface area contributed by atoms with Crippen LogP contribution in [0.3, 0.4) is 0 Å². The van der Waals surface area contributed by atoms with Gasteiger partial charge in [-0.05, 0) is 31.9 Å². The number of ether oxygens (including phenoxy) is 2. The summed E-state index contributed by atoms with van der Waals surface area (Å²) in [5.74, 6) is -0.292. The Labute approximate surface area is 129 Å². The normalized spacial score (nSPS) is 16.0. The zero-order valence-corrected chi connectivity index (χ0v) is 13.1. The number of hydrogen-bond donors (Lipinski definition) is 1. The Kier molecular flexibility index (Phi) is 4.59. The highest BCUT2D eigenvalue weighted by atomic mass is 16.5. The fourth-order valence-electron chi connectivity index (χ4n) is 2.61. The molecule has 0 bridgehead atoms. The molecule has 1 aliphatic heterocycles. The zero-order valence-electron chi connectivity index (χ0n) is 13.1. The lowest BCUT2D eigenvalue weighted by molar-refractivity contribution is -0.145. The Balaban J connectivity index is 2.45. The van der Waals surface area contributed by atoms with Crippen LogP contribution < -0.4 is 9.64 Å². The van der Waals surface area contributed by atoms with Crippen LogP contribution in [0, 0.1) is 0 Å². The van der Waals surface area contributed by atoms with Gasteiger partial charge in [-0.2, -0.15) is 0 Å². The van der Waals surface area contributed by atoms with Crippen LogP contribution in [0.25, 0.3) is 0 Å². The van der Waals surface area contributed by atoms with E-state index in [9.17, 15) is 14.7 Å². The molecule has 0 radical (unpaired) electrons. The van der Waals surface area contributed by atoms with Crippen molar-refractivity contribution in [3.63, 3.8) is 0 Å². The number of amides is 1. The summed E-state index contributed by atoms with van der Waals surface area (Å²) < 4.78 is 10.8. The van der Waals surface area contributed by atoms with Gasteiger partial charge in [0.15, 0.2) is 5.60 Å². The Hall–Kier alpha value is -2.24. The summed E-state index contributed by atoms with van der Waals surface area (Å²) >= 11 is 0. The van der Waals surface area contributed by atoms with E-state index in [-0.39, 0.29) is 24.8 Å². The number of rotatable bonds is 5. The van der Waals surface area contributed by atoms with Crippen LogP contribution in [0.2, 0.25) is 0 Å². The van der Waals surface area contributed by atoms with Crippen molar-refractivity contribution in [1.29, 1.82) is 0 Å². The molecule has 1 amide bonds. The average Bonchev–Trinajstić information content (AvgIpc) is 2.50. The van der Waals surface area contributed by atoms with Crippen molar-refractivity contribution in [2.24, 2.45) is 0 Å². The van der Waals surface area contributed by atoms with Crippen LogP contribution in [0.1, 0.15) is 33.6 Å². The molecule has 0 fully saturated rings. The summed E-state index contributed by atoms with van der Waals surface area (Å²) in [6.45, 7) is 5.52. The number of aromatic hydroxyl groups is 1.